The Morgan fingerprint density at radius 3 is 2.57 bits per heavy atom. The van der Waals surface area contributed by atoms with Crippen LogP contribution in [0.15, 0.2) is 30.5 Å². The van der Waals surface area contributed by atoms with E-state index in [2.05, 4.69) is 15.3 Å². The number of para-hydroxylation sites is 1. The SMILES string of the molecule is CC(=O)c1ccccc1Nc1nc(Cl)ncc1C(F)(F)F. The summed E-state index contributed by atoms with van der Waals surface area (Å²) in [6.07, 6.45) is -4.05. The maximum absolute atomic E-state index is 12.9. The van der Waals surface area contributed by atoms with Crippen LogP contribution in [0.25, 0.3) is 0 Å². The number of nitrogens with one attached hydrogen (secondary N) is 1. The number of halogens is 4. The summed E-state index contributed by atoms with van der Waals surface area (Å²) in [6.45, 7) is 1.32. The highest BCUT2D eigenvalue weighted by Gasteiger charge is 2.35. The third kappa shape index (κ3) is 3.49. The number of alkyl halides is 3. The Bertz CT molecular complexity index is 689. The van der Waals surface area contributed by atoms with E-state index in [0.717, 1.165) is 0 Å². The molecule has 0 saturated carbocycles. The molecule has 110 valence electrons. The normalized spacial score (nSPS) is 11.3. The van der Waals surface area contributed by atoms with Crippen molar-refractivity contribution in [3.8, 4) is 0 Å². The second-order valence-corrected chi connectivity index (χ2v) is 4.46. The summed E-state index contributed by atoms with van der Waals surface area (Å²) in [5.74, 6) is -0.789. The van der Waals surface area contributed by atoms with Gasteiger partial charge in [0.15, 0.2) is 5.78 Å². The molecule has 8 heteroatoms. The second kappa shape index (κ2) is 5.69. The largest absolute Gasteiger partial charge is 0.421 e. The molecule has 0 radical (unpaired) electrons. The van der Waals surface area contributed by atoms with Crippen LogP contribution in [-0.2, 0) is 6.18 Å². The number of rotatable bonds is 3. The van der Waals surface area contributed by atoms with Gasteiger partial charge in [-0.1, -0.05) is 12.1 Å². The molecule has 0 aliphatic heterocycles. The summed E-state index contributed by atoms with van der Waals surface area (Å²) in [7, 11) is 0. The molecular weight excluding hydrogens is 307 g/mol. The highest BCUT2D eigenvalue weighted by Crippen LogP contribution is 2.35. The quantitative estimate of drug-likeness (QED) is 0.684. The number of Topliss-reactive ketones (excluding diaryl/α,β-unsaturated/α-hetero) is 1. The van der Waals surface area contributed by atoms with E-state index >= 15 is 0 Å². The number of ketones is 1. The van der Waals surface area contributed by atoms with Crippen LogP contribution in [0.4, 0.5) is 24.7 Å². The Morgan fingerprint density at radius 2 is 1.95 bits per heavy atom. The minimum absolute atomic E-state index is 0.213. The molecule has 4 nitrogen and oxygen atoms in total. The molecule has 0 atom stereocenters. The Morgan fingerprint density at radius 1 is 1.29 bits per heavy atom. The van der Waals surface area contributed by atoms with E-state index in [-0.39, 0.29) is 22.3 Å². The maximum atomic E-state index is 12.9. The zero-order chi connectivity index (χ0) is 15.6. The van der Waals surface area contributed by atoms with Crippen molar-refractivity contribution in [1.82, 2.24) is 9.97 Å². The molecule has 21 heavy (non-hydrogen) atoms. The molecule has 0 aliphatic carbocycles. The van der Waals surface area contributed by atoms with Crippen molar-refractivity contribution >= 4 is 28.9 Å². The van der Waals surface area contributed by atoms with Gasteiger partial charge in [-0.05, 0) is 30.7 Å². The first-order valence-corrected chi connectivity index (χ1v) is 6.13. The molecule has 1 N–H and O–H groups in total. The van der Waals surface area contributed by atoms with Gasteiger partial charge in [0.05, 0.1) is 5.69 Å². The third-order valence-corrected chi connectivity index (χ3v) is 2.81. The van der Waals surface area contributed by atoms with E-state index in [0.29, 0.717) is 6.20 Å². The second-order valence-electron chi connectivity index (χ2n) is 4.13. The molecular formula is C13H9ClF3N3O. The molecule has 0 spiro atoms. The summed E-state index contributed by atoms with van der Waals surface area (Å²) >= 11 is 5.54. The Kier molecular flexibility index (Phi) is 4.13. The van der Waals surface area contributed by atoms with Crippen molar-refractivity contribution < 1.29 is 18.0 Å². The summed E-state index contributed by atoms with van der Waals surface area (Å²) in [5, 5.41) is 2.17. The molecule has 1 aromatic carbocycles. The van der Waals surface area contributed by atoms with Crippen LogP contribution in [-0.4, -0.2) is 15.8 Å². The molecule has 2 aromatic rings. The topological polar surface area (TPSA) is 54.9 Å². The van der Waals surface area contributed by atoms with Gasteiger partial charge < -0.3 is 5.32 Å². The number of hydrogen-bond acceptors (Lipinski definition) is 4. The van der Waals surface area contributed by atoms with Gasteiger partial charge >= 0.3 is 6.18 Å². The third-order valence-electron chi connectivity index (χ3n) is 2.62. The van der Waals surface area contributed by atoms with Gasteiger partial charge in [0.2, 0.25) is 5.28 Å². The fourth-order valence-corrected chi connectivity index (χ4v) is 1.82. The van der Waals surface area contributed by atoms with Crippen LogP contribution in [0.2, 0.25) is 5.28 Å². The Balaban J connectivity index is 2.49. The van der Waals surface area contributed by atoms with Gasteiger partial charge in [-0.15, -0.1) is 0 Å². The summed E-state index contributed by atoms with van der Waals surface area (Å²) in [6, 6.07) is 6.18. The van der Waals surface area contributed by atoms with Gasteiger partial charge in [0, 0.05) is 11.8 Å². The predicted molar refractivity (Wildman–Crippen MR) is 71.8 cm³/mol. The highest BCUT2D eigenvalue weighted by molar-refractivity contribution is 6.28. The van der Waals surface area contributed by atoms with Crippen LogP contribution >= 0.6 is 11.6 Å². The van der Waals surface area contributed by atoms with Crippen molar-refractivity contribution in [2.24, 2.45) is 0 Å². The van der Waals surface area contributed by atoms with Crippen molar-refractivity contribution in [2.45, 2.75) is 13.1 Å². The van der Waals surface area contributed by atoms with Crippen LogP contribution in [0.3, 0.4) is 0 Å². The Hall–Kier alpha value is -2.15. The van der Waals surface area contributed by atoms with Crippen LogP contribution in [0.1, 0.15) is 22.8 Å². The molecule has 2 rings (SSSR count). The van der Waals surface area contributed by atoms with Gasteiger partial charge in [-0.2, -0.15) is 18.2 Å². The molecule has 0 amide bonds. The first kappa shape index (κ1) is 15.2. The van der Waals surface area contributed by atoms with Crippen LogP contribution in [0.5, 0.6) is 0 Å². The highest BCUT2D eigenvalue weighted by atomic mass is 35.5. The zero-order valence-electron chi connectivity index (χ0n) is 10.7. The molecule has 1 heterocycles. The average Bonchev–Trinajstić information content (AvgIpc) is 2.37. The van der Waals surface area contributed by atoms with Crippen molar-refractivity contribution in [1.29, 1.82) is 0 Å². The maximum Gasteiger partial charge on any atom is 0.421 e. The van der Waals surface area contributed by atoms with Gasteiger partial charge in [0.25, 0.3) is 0 Å². The van der Waals surface area contributed by atoms with E-state index in [1.807, 2.05) is 0 Å². The standard InChI is InChI=1S/C13H9ClF3N3O/c1-7(21)8-4-2-3-5-10(8)19-11-9(13(15,16)17)6-18-12(14)20-11/h2-6H,1H3,(H,18,19,20). The number of anilines is 2. The number of benzene rings is 1. The number of aromatic nitrogens is 2. The van der Waals surface area contributed by atoms with Crippen molar-refractivity contribution in [3.63, 3.8) is 0 Å². The molecule has 0 unspecified atom stereocenters. The predicted octanol–water partition coefficient (Wildman–Crippen LogP) is 4.10. The average molecular weight is 316 g/mol. The Labute approximate surface area is 123 Å². The first-order valence-electron chi connectivity index (χ1n) is 5.76. The lowest BCUT2D eigenvalue weighted by Gasteiger charge is -2.14. The fraction of sp³-hybridized carbons (Fsp3) is 0.154. The zero-order valence-corrected chi connectivity index (χ0v) is 11.5. The molecule has 0 aliphatic rings. The fourth-order valence-electron chi connectivity index (χ4n) is 1.69. The first-order chi connectivity index (χ1) is 9.79. The number of nitrogens with zero attached hydrogens (tertiary/aromatic N) is 2. The van der Waals surface area contributed by atoms with Gasteiger partial charge in [-0.25, -0.2) is 4.98 Å². The van der Waals surface area contributed by atoms with E-state index in [4.69, 9.17) is 11.6 Å². The van der Waals surface area contributed by atoms with E-state index < -0.39 is 17.6 Å². The van der Waals surface area contributed by atoms with Crippen LogP contribution < -0.4 is 5.32 Å². The number of carbonyl (C=O) groups excluding carboxylic acids is 1. The molecule has 1 aromatic heterocycles. The minimum atomic E-state index is -4.64. The molecule has 0 saturated heterocycles. The van der Waals surface area contributed by atoms with E-state index in [1.165, 1.54) is 19.1 Å². The van der Waals surface area contributed by atoms with Crippen molar-refractivity contribution in [2.75, 3.05) is 5.32 Å². The van der Waals surface area contributed by atoms with Crippen LogP contribution in [0, 0.1) is 0 Å². The van der Waals surface area contributed by atoms with Gasteiger partial charge in [0.1, 0.15) is 11.4 Å². The smallest absolute Gasteiger partial charge is 0.339 e. The number of carbonyl (C=O) groups is 1. The van der Waals surface area contributed by atoms with Gasteiger partial charge in [-0.3, -0.25) is 4.79 Å². The summed E-state index contributed by atoms with van der Waals surface area (Å²) in [4.78, 5) is 18.4. The van der Waals surface area contributed by atoms with Crippen molar-refractivity contribution in [3.05, 3.63) is 46.9 Å². The lowest BCUT2D eigenvalue weighted by molar-refractivity contribution is -0.137. The molecule has 0 fully saturated rings. The lowest BCUT2D eigenvalue weighted by Crippen LogP contribution is -2.12. The lowest BCUT2D eigenvalue weighted by atomic mass is 10.1. The monoisotopic (exact) mass is 315 g/mol. The summed E-state index contributed by atoms with van der Waals surface area (Å²) < 4.78 is 38.7. The number of hydrogen-bond donors (Lipinski definition) is 1. The van der Waals surface area contributed by atoms with E-state index in [1.54, 1.807) is 12.1 Å². The molecule has 0 bridgehead atoms. The minimum Gasteiger partial charge on any atom is -0.339 e. The van der Waals surface area contributed by atoms with E-state index in [9.17, 15) is 18.0 Å². The summed E-state index contributed by atoms with van der Waals surface area (Å²) in [5.41, 5.74) is -0.601.